The maximum Gasteiger partial charge on any atom is 0.0242 e. The van der Waals surface area contributed by atoms with Crippen LogP contribution in [0.3, 0.4) is 0 Å². The van der Waals surface area contributed by atoms with Crippen molar-refractivity contribution in [2.24, 2.45) is 5.92 Å². The third-order valence-electron chi connectivity index (χ3n) is 4.06. The number of nitrogens with one attached hydrogen (secondary N) is 1. The van der Waals surface area contributed by atoms with E-state index in [0.717, 1.165) is 19.0 Å². The lowest BCUT2D eigenvalue weighted by atomic mass is 9.93. The summed E-state index contributed by atoms with van der Waals surface area (Å²) in [4.78, 5) is 2.36. The van der Waals surface area contributed by atoms with Crippen LogP contribution in [0.2, 0.25) is 0 Å². The zero-order valence-electron chi connectivity index (χ0n) is 13.2. The van der Waals surface area contributed by atoms with Gasteiger partial charge in [-0.25, -0.2) is 0 Å². The standard InChI is InChI=1S/C17H30N2/c1-6-16(7-2)17(19(4)5)13-18-12-15-10-8-14(3)9-11-15/h8-11,16-18H,6-7,12-13H2,1-5H3. The Hall–Kier alpha value is -0.860. The highest BCUT2D eigenvalue weighted by Crippen LogP contribution is 2.16. The summed E-state index contributed by atoms with van der Waals surface area (Å²) in [6, 6.07) is 9.41. The fourth-order valence-corrected chi connectivity index (χ4v) is 2.67. The molecule has 1 aromatic rings. The van der Waals surface area contributed by atoms with E-state index in [1.54, 1.807) is 0 Å². The van der Waals surface area contributed by atoms with Gasteiger partial charge in [0.25, 0.3) is 0 Å². The Balaban J connectivity index is 2.46. The predicted octanol–water partition coefficient (Wildman–Crippen LogP) is 3.45. The van der Waals surface area contributed by atoms with E-state index in [4.69, 9.17) is 0 Å². The van der Waals surface area contributed by atoms with Gasteiger partial charge >= 0.3 is 0 Å². The average Bonchev–Trinajstić information content (AvgIpc) is 2.40. The van der Waals surface area contributed by atoms with Gasteiger partial charge in [-0.15, -0.1) is 0 Å². The zero-order chi connectivity index (χ0) is 14.3. The van der Waals surface area contributed by atoms with Crippen molar-refractivity contribution in [1.82, 2.24) is 10.2 Å². The van der Waals surface area contributed by atoms with Crippen molar-refractivity contribution in [2.45, 2.75) is 46.2 Å². The largest absolute Gasteiger partial charge is 0.311 e. The van der Waals surface area contributed by atoms with Crippen LogP contribution >= 0.6 is 0 Å². The van der Waals surface area contributed by atoms with Crippen molar-refractivity contribution in [1.29, 1.82) is 0 Å². The minimum atomic E-state index is 0.625. The van der Waals surface area contributed by atoms with E-state index in [1.165, 1.54) is 24.0 Å². The van der Waals surface area contributed by atoms with Crippen LogP contribution in [-0.4, -0.2) is 31.6 Å². The first-order valence-corrected chi connectivity index (χ1v) is 7.51. The number of likely N-dealkylation sites (N-methyl/N-ethyl adjacent to an activating group) is 1. The van der Waals surface area contributed by atoms with Crippen molar-refractivity contribution in [2.75, 3.05) is 20.6 Å². The fraction of sp³-hybridized carbons (Fsp3) is 0.647. The number of rotatable bonds is 8. The van der Waals surface area contributed by atoms with E-state index in [9.17, 15) is 0 Å². The summed E-state index contributed by atoms with van der Waals surface area (Å²) in [5.74, 6) is 0.778. The van der Waals surface area contributed by atoms with E-state index in [2.05, 4.69) is 69.3 Å². The van der Waals surface area contributed by atoms with Crippen LogP contribution in [0.5, 0.6) is 0 Å². The maximum absolute atomic E-state index is 3.61. The number of hydrogen-bond acceptors (Lipinski definition) is 2. The Morgan fingerprint density at radius 2 is 1.63 bits per heavy atom. The molecular weight excluding hydrogens is 232 g/mol. The lowest BCUT2D eigenvalue weighted by Crippen LogP contribution is -2.42. The van der Waals surface area contributed by atoms with Crippen molar-refractivity contribution in [3.63, 3.8) is 0 Å². The highest BCUT2D eigenvalue weighted by molar-refractivity contribution is 5.21. The van der Waals surface area contributed by atoms with Crippen LogP contribution in [0, 0.1) is 12.8 Å². The minimum absolute atomic E-state index is 0.625. The van der Waals surface area contributed by atoms with Crippen LogP contribution in [0.25, 0.3) is 0 Å². The fourth-order valence-electron chi connectivity index (χ4n) is 2.67. The quantitative estimate of drug-likeness (QED) is 0.772. The molecule has 0 spiro atoms. The molecule has 0 aromatic heterocycles. The van der Waals surface area contributed by atoms with Gasteiger partial charge in [0.2, 0.25) is 0 Å². The maximum atomic E-state index is 3.61. The molecule has 1 aromatic carbocycles. The lowest BCUT2D eigenvalue weighted by molar-refractivity contribution is 0.194. The molecular formula is C17H30N2. The molecule has 1 N–H and O–H groups in total. The molecule has 1 atom stereocenters. The van der Waals surface area contributed by atoms with Gasteiger partial charge in [0.05, 0.1) is 0 Å². The van der Waals surface area contributed by atoms with Crippen LogP contribution in [-0.2, 0) is 6.54 Å². The van der Waals surface area contributed by atoms with E-state index < -0.39 is 0 Å². The first-order valence-electron chi connectivity index (χ1n) is 7.51. The van der Waals surface area contributed by atoms with Crippen molar-refractivity contribution < 1.29 is 0 Å². The molecule has 1 rings (SSSR count). The van der Waals surface area contributed by atoms with Crippen molar-refractivity contribution >= 4 is 0 Å². The molecule has 0 radical (unpaired) electrons. The molecule has 0 heterocycles. The van der Waals surface area contributed by atoms with Gasteiger partial charge < -0.3 is 10.2 Å². The number of benzene rings is 1. The van der Waals surface area contributed by atoms with Gasteiger partial charge in [0.15, 0.2) is 0 Å². The van der Waals surface area contributed by atoms with Crippen LogP contribution in [0.1, 0.15) is 37.8 Å². The molecule has 0 fully saturated rings. The van der Waals surface area contributed by atoms with Gasteiger partial charge in [0.1, 0.15) is 0 Å². The zero-order valence-corrected chi connectivity index (χ0v) is 13.2. The topological polar surface area (TPSA) is 15.3 Å². The second-order valence-corrected chi connectivity index (χ2v) is 5.72. The Bertz CT molecular complexity index is 339. The molecule has 0 saturated carbocycles. The first kappa shape index (κ1) is 16.2. The summed E-state index contributed by atoms with van der Waals surface area (Å²) in [5.41, 5.74) is 2.69. The van der Waals surface area contributed by atoms with E-state index in [-0.39, 0.29) is 0 Å². The van der Waals surface area contributed by atoms with Crippen LogP contribution in [0.4, 0.5) is 0 Å². The molecule has 0 aliphatic heterocycles. The Kier molecular flexibility index (Phi) is 7.11. The predicted molar refractivity (Wildman–Crippen MR) is 84.4 cm³/mol. The first-order chi connectivity index (χ1) is 9.08. The Labute approximate surface area is 119 Å². The Morgan fingerprint density at radius 1 is 1.05 bits per heavy atom. The second kappa shape index (κ2) is 8.34. The highest BCUT2D eigenvalue weighted by Gasteiger charge is 2.19. The molecule has 0 aliphatic carbocycles. The minimum Gasteiger partial charge on any atom is -0.311 e. The van der Waals surface area contributed by atoms with Gasteiger partial charge in [0, 0.05) is 19.1 Å². The van der Waals surface area contributed by atoms with Gasteiger partial charge in [-0.1, -0.05) is 56.5 Å². The number of aryl methyl sites for hydroxylation is 1. The molecule has 19 heavy (non-hydrogen) atoms. The third kappa shape index (κ3) is 5.33. The summed E-state index contributed by atoms with van der Waals surface area (Å²) in [5, 5.41) is 3.61. The SMILES string of the molecule is CCC(CC)C(CNCc1ccc(C)cc1)N(C)C. The summed E-state index contributed by atoms with van der Waals surface area (Å²) >= 11 is 0. The van der Waals surface area contributed by atoms with Crippen molar-refractivity contribution in [3.05, 3.63) is 35.4 Å². The molecule has 0 bridgehead atoms. The summed E-state index contributed by atoms with van der Waals surface area (Å²) < 4.78 is 0. The molecule has 2 nitrogen and oxygen atoms in total. The number of hydrogen-bond donors (Lipinski definition) is 1. The molecule has 0 amide bonds. The molecule has 0 saturated heterocycles. The molecule has 1 unspecified atom stereocenters. The summed E-state index contributed by atoms with van der Waals surface area (Å²) in [7, 11) is 4.38. The highest BCUT2D eigenvalue weighted by atomic mass is 15.1. The van der Waals surface area contributed by atoms with Crippen LogP contribution < -0.4 is 5.32 Å². The smallest absolute Gasteiger partial charge is 0.0242 e. The number of nitrogens with zero attached hydrogens (tertiary/aromatic N) is 1. The summed E-state index contributed by atoms with van der Waals surface area (Å²) in [6.45, 7) is 8.75. The second-order valence-electron chi connectivity index (χ2n) is 5.72. The lowest BCUT2D eigenvalue weighted by Gasteiger charge is -2.31. The van der Waals surface area contributed by atoms with Gasteiger partial charge in [-0.3, -0.25) is 0 Å². The van der Waals surface area contributed by atoms with Gasteiger partial charge in [-0.05, 0) is 32.5 Å². The van der Waals surface area contributed by atoms with E-state index in [1.807, 2.05) is 0 Å². The van der Waals surface area contributed by atoms with Crippen LogP contribution in [0.15, 0.2) is 24.3 Å². The average molecular weight is 262 g/mol. The Morgan fingerprint density at radius 3 is 2.11 bits per heavy atom. The molecule has 0 aliphatic rings. The third-order valence-corrected chi connectivity index (χ3v) is 4.06. The molecule has 108 valence electrons. The van der Waals surface area contributed by atoms with Gasteiger partial charge in [-0.2, -0.15) is 0 Å². The molecule has 2 heteroatoms. The monoisotopic (exact) mass is 262 g/mol. The normalized spacial score (nSPS) is 13.2. The summed E-state index contributed by atoms with van der Waals surface area (Å²) in [6.07, 6.45) is 2.51. The van der Waals surface area contributed by atoms with E-state index in [0.29, 0.717) is 6.04 Å². The van der Waals surface area contributed by atoms with Crippen molar-refractivity contribution in [3.8, 4) is 0 Å². The van der Waals surface area contributed by atoms with E-state index >= 15 is 0 Å².